The Hall–Kier alpha value is -1.02. The molecule has 0 saturated heterocycles. The maximum atomic E-state index is 5.65. The smallest absolute Gasteiger partial charge is 0.122 e. The zero-order valence-electron chi connectivity index (χ0n) is 13.1. The normalized spacial score (nSPS) is 22.8. The second kappa shape index (κ2) is 5.07. The highest BCUT2D eigenvalue weighted by molar-refractivity contribution is 5.45. The van der Waals surface area contributed by atoms with Crippen molar-refractivity contribution in [3.63, 3.8) is 0 Å². The molecule has 1 aromatic carbocycles. The molecule has 2 aliphatic carbocycles. The zero-order chi connectivity index (χ0) is 14.2. The fraction of sp³-hybridized carbons (Fsp3) is 0.667. The van der Waals surface area contributed by atoms with Gasteiger partial charge in [-0.2, -0.15) is 0 Å². The van der Waals surface area contributed by atoms with Crippen LogP contribution in [0.1, 0.15) is 49.7 Å². The number of likely N-dealkylation sites (N-methyl/N-ethyl adjacent to an activating group) is 1. The third-order valence-corrected chi connectivity index (χ3v) is 5.53. The summed E-state index contributed by atoms with van der Waals surface area (Å²) in [4.78, 5) is 0. The van der Waals surface area contributed by atoms with Crippen LogP contribution >= 0.6 is 0 Å². The fourth-order valence-electron chi connectivity index (χ4n) is 4.85. The van der Waals surface area contributed by atoms with Gasteiger partial charge in [-0.25, -0.2) is 0 Å². The van der Waals surface area contributed by atoms with Crippen LogP contribution < -0.4 is 10.1 Å². The van der Waals surface area contributed by atoms with E-state index in [1.54, 1.807) is 7.11 Å². The van der Waals surface area contributed by atoms with E-state index in [1.165, 1.54) is 49.7 Å². The number of aryl methyl sites for hydroxylation is 1. The molecule has 2 nitrogen and oxygen atoms in total. The average Bonchev–Trinajstić information content (AvgIpc) is 2.87. The summed E-state index contributed by atoms with van der Waals surface area (Å²) >= 11 is 0. The molecule has 1 spiro atoms. The van der Waals surface area contributed by atoms with Crippen molar-refractivity contribution in [2.24, 2.45) is 5.41 Å². The number of rotatable bonds is 4. The summed E-state index contributed by atoms with van der Waals surface area (Å²) in [5, 5.41) is 3.43. The lowest BCUT2D eigenvalue weighted by molar-refractivity contribution is 0.0267. The molecule has 1 aromatic rings. The number of hydrogen-bond donors (Lipinski definition) is 1. The van der Waals surface area contributed by atoms with Crippen LogP contribution in [0, 0.1) is 12.3 Å². The molecule has 0 bridgehead atoms. The number of ether oxygens (including phenoxy) is 1. The predicted molar refractivity (Wildman–Crippen MR) is 83.5 cm³/mol. The van der Waals surface area contributed by atoms with Gasteiger partial charge in [0.05, 0.1) is 7.11 Å². The second-order valence-electron chi connectivity index (χ2n) is 7.08. The molecule has 0 aromatic heterocycles. The van der Waals surface area contributed by atoms with Crippen LogP contribution in [0.25, 0.3) is 0 Å². The van der Waals surface area contributed by atoms with Gasteiger partial charge in [-0.05, 0) is 51.1 Å². The second-order valence-corrected chi connectivity index (χ2v) is 7.08. The minimum atomic E-state index is 0.288. The summed E-state index contributed by atoms with van der Waals surface area (Å²) in [5.74, 6) is 1.07. The Morgan fingerprint density at radius 3 is 2.50 bits per heavy atom. The summed E-state index contributed by atoms with van der Waals surface area (Å²) < 4.78 is 5.65. The molecular weight excluding hydrogens is 246 g/mol. The van der Waals surface area contributed by atoms with E-state index in [9.17, 15) is 0 Å². The Morgan fingerprint density at radius 1 is 1.20 bits per heavy atom. The van der Waals surface area contributed by atoms with E-state index in [0.29, 0.717) is 5.41 Å². The van der Waals surface area contributed by atoms with E-state index in [2.05, 4.69) is 37.5 Å². The van der Waals surface area contributed by atoms with Crippen molar-refractivity contribution in [3.05, 3.63) is 29.3 Å². The topological polar surface area (TPSA) is 21.3 Å². The van der Waals surface area contributed by atoms with Gasteiger partial charge >= 0.3 is 0 Å². The summed E-state index contributed by atoms with van der Waals surface area (Å²) in [6, 6.07) is 6.64. The maximum absolute atomic E-state index is 5.65. The number of hydrogen-bond acceptors (Lipinski definition) is 2. The third-order valence-electron chi connectivity index (χ3n) is 5.53. The van der Waals surface area contributed by atoms with Crippen LogP contribution in [0.3, 0.4) is 0 Å². The van der Waals surface area contributed by atoms with E-state index in [-0.39, 0.29) is 5.41 Å². The first-order valence-electron chi connectivity index (χ1n) is 7.93. The van der Waals surface area contributed by atoms with Crippen molar-refractivity contribution < 1.29 is 4.74 Å². The average molecular weight is 273 g/mol. The number of methoxy groups -OCH3 is 1. The monoisotopic (exact) mass is 273 g/mol. The molecule has 2 heteroatoms. The Balaban J connectivity index is 1.94. The molecule has 0 amide bonds. The van der Waals surface area contributed by atoms with Gasteiger partial charge < -0.3 is 10.1 Å². The molecule has 3 rings (SSSR count). The van der Waals surface area contributed by atoms with Gasteiger partial charge in [0.1, 0.15) is 5.75 Å². The first-order valence-corrected chi connectivity index (χ1v) is 7.93. The lowest BCUT2D eigenvalue weighted by Crippen LogP contribution is -2.53. The molecule has 0 unspecified atom stereocenters. The molecule has 110 valence electrons. The van der Waals surface area contributed by atoms with Crippen LogP contribution in [0.2, 0.25) is 0 Å². The van der Waals surface area contributed by atoms with E-state index in [4.69, 9.17) is 4.74 Å². The lowest BCUT2D eigenvalue weighted by atomic mass is 9.49. The van der Waals surface area contributed by atoms with Gasteiger partial charge in [-0.1, -0.05) is 30.5 Å². The Kier molecular flexibility index (Phi) is 3.53. The first-order chi connectivity index (χ1) is 9.63. The number of nitrogens with one attached hydrogen (secondary N) is 1. The highest BCUT2D eigenvalue weighted by Gasteiger charge is 2.56. The van der Waals surface area contributed by atoms with Crippen LogP contribution in [-0.2, 0) is 5.41 Å². The molecule has 0 radical (unpaired) electrons. The summed E-state index contributed by atoms with van der Waals surface area (Å²) in [7, 11) is 3.87. The third kappa shape index (κ3) is 2.14. The summed E-state index contributed by atoms with van der Waals surface area (Å²) in [6.45, 7) is 3.24. The van der Waals surface area contributed by atoms with Crippen molar-refractivity contribution in [1.82, 2.24) is 5.32 Å². The van der Waals surface area contributed by atoms with Crippen molar-refractivity contribution in [2.45, 2.75) is 50.9 Å². The van der Waals surface area contributed by atoms with Crippen molar-refractivity contribution in [2.75, 3.05) is 20.7 Å². The maximum Gasteiger partial charge on any atom is 0.122 e. The minimum absolute atomic E-state index is 0.288. The van der Waals surface area contributed by atoms with Gasteiger partial charge in [-0.3, -0.25) is 0 Å². The fourth-order valence-corrected chi connectivity index (χ4v) is 4.85. The lowest BCUT2D eigenvalue weighted by Gasteiger charge is -2.56. The molecule has 1 N–H and O–H groups in total. The minimum Gasteiger partial charge on any atom is -0.496 e. The molecule has 0 atom stereocenters. The van der Waals surface area contributed by atoms with Crippen LogP contribution in [0.15, 0.2) is 18.2 Å². The predicted octanol–water partition coefficient (Wildman–Crippen LogP) is 3.82. The van der Waals surface area contributed by atoms with Crippen molar-refractivity contribution in [3.8, 4) is 5.75 Å². The molecule has 2 aliphatic rings. The Bertz CT molecular complexity index is 480. The highest BCUT2D eigenvalue weighted by Crippen LogP contribution is 2.63. The van der Waals surface area contributed by atoms with E-state index in [1.807, 2.05) is 0 Å². The standard InChI is InChI=1S/C18H27NO/c1-14-6-7-16(20-3)15(10-14)18(13-19-2)11-17(12-18)8-4-5-9-17/h6-7,10,19H,4-5,8-9,11-13H2,1-3H3. The van der Waals surface area contributed by atoms with Gasteiger partial charge in [0, 0.05) is 17.5 Å². The van der Waals surface area contributed by atoms with Crippen LogP contribution in [0.5, 0.6) is 5.75 Å². The summed E-state index contributed by atoms with van der Waals surface area (Å²) in [6.07, 6.45) is 8.40. The van der Waals surface area contributed by atoms with Crippen molar-refractivity contribution in [1.29, 1.82) is 0 Å². The van der Waals surface area contributed by atoms with Crippen LogP contribution in [0.4, 0.5) is 0 Å². The van der Waals surface area contributed by atoms with E-state index in [0.717, 1.165) is 12.3 Å². The summed E-state index contributed by atoms with van der Waals surface area (Å²) in [5.41, 5.74) is 3.69. The quantitative estimate of drug-likeness (QED) is 0.900. The first kappa shape index (κ1) is 13.9. The van der Waals surface area contributed by atoms with Gasteiger partial charge in [-0.15, -0.1) is 0 Å². The molecule has 20 heavy (non-hydrogen) atoms. The molecule has 0 heterocycles. The van der Waals surface area contributed by atoms with Gasteiger partial charge in [0.15, 0.2) is 0 Å². The van der Waals surface area contributed by atoms with E-state index < -0.39 is 0 Å². The highest BCUT2D eigenvalue weighted by atomic mass is 16.5. The molecule has 0 aliphatic heterocycles. The van der Waals surface area contributed by atoms with E-state index >= 15 is 0 Å². The SMILES string of the molecule is CNCC1(c2cc(C)ccc2OC)CC2(CCCC2)C1. The molecular formula is C18H27NO. The zero-order valence-corrected chi connectivity index (χ0v) is 13.1. The molecule has 2 saturated carbocycles. The largest absolute Gasteiger partial charge is 0.496 e. The Morgan fingerprint density at radius 2 is 1.90 bits per heavy atom. The number of benzene rings is 1. The van der Waals surface area contributed by atoms with Crippen molar-refractivity contribution >= 4 is 0 Å². The van der Waals surface area contributed by atoms with Crippen LogP contribution in [-0.4, -0.2) is 20.7 Å². The Labute approximate surface area is 122 Å². The van der Waals surface area contributed by atoms with Gasteiger partial charge in [0.2, 0.25) is 0 Å². The molecule has 2 fully saturated rings. The van der Waals surface area contributed by atoms with Gasteiger partial charge in [0.25, 0.3) is 0 Å².